The molecule has 0 fully saturated rings. The average molecular weight is 254 g/mol. The number of thioether (sulfide) groups is 1. The Labute approximate surface area is 110 Å². The van der Waals surface area contributed by atoms with Gasteiger partial charge < -0.3 is 0 Å². The number of hydrogen-bond donors (Lipinski definition) is 0. The molecule has 18 heavy (non-hydrogen) atoms. The molecule has 2 aromatic carbocycles. The van der Waals surface area contributed by atoms with Gasteiger partial charge in [-0.25, -0.2) is 0 Å². The van der Waals surface area contributed by atoms with Crippen LogP contribution < -0.4 is 0 Å². The lowest BCUT2D eigenvalue weighted by molar-refractivity contribution is 1.08. The number of nitrogens with zero attached hydrogens (tertiary/aromatic N) is 3. The highest BCUT2D eigenvalue weighted by molar-refractivity contribution is 7.99. The van der Waals surface area contributed by atoms with Gasteiger partial charge >= 0.3 is 0 Å². The van der Waals surface area contributed by atoms with Crippen LogP contribution in [0, 0.1) is 6.04 Å². The van der Waals surface area contributed by atoms with Gasteiger partial charge in [-0.05, 0) is 23.2 Å². The molecule has 2 rings (SSSR count). The smallest absolute Gasteiger partial charge is 0.0992 e. The molecule has 0 amide bonds. The zero-order valence-electron chi connectivity index (χ0n) is 9.73. The summed E-state index contributed by atoms with van der Waals surface area (Å²) in [5, 5.41) is 3.79. The van der Waals surface area contributed by atoms with Gasteiger partial charge in [0, 0.05) is 15.6 Å². The van der Waals surface area contributed by atoms with E-state index in [1.807, 2.05) is 60.7 Å². The van der Waals surface area contributed by atoms with Crippen LogP contribution in [0.3, 0.4) is 0 Å². The van der Waals surface area contributed by atoms with E-state index in [-0.39, 0.29) is 0 Å². The normalized spacial score (nSPS) is 10.1. The van der Waals surface area contributed by atoms with Crippen LogP contribution in [0.25, 0.3) is 10.4 Å². The first-order chi connectivity index (χ1) is 8.90. The summed E-state index contributed by atoms with van der Waals surface area (Å²) in [6.07, 6.45) is 0. The molecular formula is C14H12N3S. The molecule has 0 saturated heterocycles. The van der Waals surface area contributed by atoms with Crippen LogP contribution in [-0.4, -0.2) is 5.75 Å². The summed E-state index contributed by atoms with van der Waals surface area (Å²) in [5.74, 6) is 0.665. The van der Waals surface area contributed by atoms with Crippen LogP contribution in [-0.2, 0) is 0 Å². The molecule has 1 radical (unpaired) electrons. The predicted molar refractivity (Wildman–Crippen MR) is 75.1 cm³/mol. The van der Waals surface area contributed by atoms with Crippen LogP contribution in [0.4, 0.5) is 0 Å². The lowest BCUT2D eigenvalue weighted by Gasteiger charge is -2.10. The van der Waals surface area contributed by atoms with Gasteiger partial charge in [-0.15, -0.1) is 11.8 Å². The summed E-state index contributed by atoms with van der Waals surface area (Å²) in [7, 11) is 0. The summed E-state index contributed by atoms with van der Waals surface area (Å²) in [4.78, 5) is 4.07. The molecule has 0 N–H and O–H groups in total. The Hall–Kier alpha value is -1.90. The van der Waals surface area contributed by atoms with Gasteiger partial charge in [0.25, 0.3) is 0 Å². The van der Waals surface area contributed by atoms with E-state index < -0.39 is 0 Å². The summed E-state index contributed by atoms with van der Waals surface area (Å²) in [5.41, 5.74) is 9.59. The Morgan fingerprint density at radius 1 is 1.00 bits per heavy atom. The molecule has 0 aliphatic rings. The summed E-state index contributed by atoms with van der Waals surface area (Å²) in [6, 6.07) is 20.6. The van der Waals surface area contributed by atoms with Crippen LogP contribution >= 0.6 is 11.8 Å². The number of benzene rings is 2. The zero-order valence-corrected chi connectivity index (χ0v) is 10.5. The van der Waals surface area contributed by atoms with Crippen molar-refractivity contribution in [1.29, 1.82) is 0 Å². The van der Waals surface area contributed by atoms with Crippen molar-refractivity contribution in [1.82, 2.24) is 0 Å². The third kappa shape index (κ3) is 3.55. The van der Waals surface area contributed by atoms with Gasteiger partial charge in [0.2, 0.25) is 0 Å². The Kier molecular flexibility index (Phi) is 4.70. The van der Waals surface area contributed by atoms with Crippen molar-refractivity contribution in [2.24, 2.45) is 5.11 Å². The minimum absolute atomic E-state index is 0.665. The second-order valence-corrected chi connectivity index (χ2v) is 4.65. The Bertz CT molecular complexity index is 521. The molecule has 4 heteroatoms. The predicted octanol–water partition coefficient (Wildman–Crippen LogP) is 4.67. The third-order valence-corrected chi connectivity index (χ3v) is 3.41. The molecule has 0 spiro atoms. The van der Waals surface area contributed by atoms with Crippen LogP contribution in [0.5, 0.6) is 0 Å². The highest BCUT2D eigenvalue weighted by Crippen LogP contribution is 2.26. The second kappa shape index (κ2) is 6.74. The Balaban J connectivity index is 2.06. The molecule has 0 heterocycles. The summed E-state index contributed by atoms with van der Waals surface area (Å²) in [6.45, 7) is 0. The molecule has 3 nitrogen and oxygen atoms in total. The highest BCUT2D eigenvalue weighted by Gasteiger charge is 2.10. The lowest BCUT2D eigenvalue weighted by atomic mass is 10.1. The topological polar surface area (TPSA) is 48.8 Å². The minimum atomic E-state index is 0.665. The number of azide groups is 1. The first kappa shape index (κ1) is 12.6. The van der Waals surface area contributed by atoms with Gasteiger partial charge in [0.1, 0.15) is 0 Å². The maximum Gasteiger partial charge on any atom is 0.0992 e. The lowest BCUT2D eigenvalue weighted by Crippen LogP contribution is -1.98. The van der Waals surface area contributed by atoms with Gasteiger partial charge in [-0.3, -0.25) is 0 Å². The largest absolute Gasteiger partial charge is 0.125 e. The maximum absolute atomic E-state index is 8.62. The Morgan fingerprint density at radius 2 is 1.61 bits per heavy atom. The van der Waals surface area contributed by atoms with Crippen molar-refractivity contribution in [2.75, 3.05) is 5.75 Å². The van der Waals surface area contributed by atoms with Crippen LogP contribution in [0.15, 0.2) is 70.7 Å². The number of rotatable bonds is 5. The first-order valence-electron chi connectivity index (χ1n) is 5.54. The Morgan fingerprint density at radius 3 is 2.22 bits per heavy atom. The van der Waals surface area contributed by atoms with E-state index in [2.05, 4.69) is 10.0 Å². The van der Waals surface area contributed by atoms with Crippen molar-refractivity contribution >= 4 is 11.8 Å². The number of hydrogen-bond acceptors (Lipinski definition) is 2. The van der Waals surface area contributed by atoms with Crippen molar-refractivity contribution in [3.63, 3.8) is 0 Å². The van der Waals surface area contributed by atoms with Gasteiger partial charge in [-0.1, -0.05) is 53.6 Å². The summed E-state index contributed by atoms with van der Waals surface area (Å²) >= 11 is 1.66. The van der Waals surface area contributed by atoms with Crippen molar-refractivity contribution in [3.05, 3.63) is 82.7 Å². The van der Waals surface area contributed by atoms with Crippen molar-refractivity contribution in [3.8, 4) is 0 Å². The molecule has 0 unspecified atom stereocenters. The molecular weight excluding hydrogens is 242 g/mol. The van der Waals surface area contributed by atoms with E-state index >= 15 is 0 Å². The SMILES string of the molecule is [N-]=[N+]=N[C](CSc1ccccc1)c1ccccc1. The maximum atomic E-state index is 8.62. The third-order valence-electron chi connectivity index (χ3n) is 2.39. The standard InChI is InChI=1S/C14H12N3S/c15-17-16-14(12-7-3-1-4-8-12)11-18-13-9-5-2-6-10-13/h1-10H,11H2. The molecule has 0 atom stereocenters. The molecule has 2 aromatic rings. The van der Waals surface area contributed by atoms with E-state index in [1.54, 1.807) is 11.8 Å². The second-order valence-electron chi connectivity index (χ2n) is 3.60. The monoisotopic (exact) mass is 254 g/mol. The highest BCUT2D eigenvalue weighted by atomic mass is 32.2. The van der Waals surface area contributed by atoms with E-state index in [9.17, 15) is 0 Å². The van der Waals surface area contributed by atoms with E-state index in [4.69, 9.17) is 5.53 Å². The average Bonchev–Trinajstić information content (AvgIpc) is 2.45. The van der Waals surface area contributed by atoms with Gasteiger partial charge in [0.05, 0.1) is 6.04 Å². The van der Waals surface area contributed by atoms with Crippen molar-refractivity contribution < 1.29 is 0 Å². The molecule has 0 aliphatic heterocycles. The molecule has 89 valence electrons. The van der Waals surface area contributed by atoms with Crippen LogP contribution in [0.1, 0.15) is 5.56 Å². The quantitative estimate of drug-likeness (QED) is 0.331. The fraction of sp³-hybridized carbons (Fsp3) is 0.0714. The van der Waals surface area contributed by atoms with Crippen molar-refractivity contribution in [2.45, 2.75) is 4.90 Å². The van der Waals surface area contributed by atoms with Gasteiger partial charge in [0.15, 0.2) is 0 Å². The van der Waals surface area contributed by atoms with E-state index in [1.165, 1.54) is 4.90 Å². The fourth-order valence-corrected chi connectivity index (χ4v) is 2.40. The van der Waals surface area contributed by atoms with E-state index in [0.29, 0.717) is 5.75 Å². The zero-order chi connectivity index (χ0) is 12.6. The summed E-state index contributed by atoms with van der Waals surface area (Å²) < 4.78 is 0. The minimum Gasteiger partial charge on any atom is -0.125 e. The van der Waals surface area contributed by atoms with Crippen LogP contribution in [0.2, 0.25) is 0 Å². The molecule has 0 aliphatic carbocycles. The molecule has 0 bridgehead atoms. The fourth-order valence-electron chi connectivity index (χ4n) is 1.52. The first-order valence-corrected chi connectivity index (χ1v) is 6.53. The van der Waals surface area contributed by atoms with E-state index in [0.717, 1.165) is 11.6 Å². The van der Waals surface area contributed by atoms with Gasteiger partial charge in [-0.2, -0.15) is 0 Å². The molecule has 0 saturated carbocycles. The molecule has 0 aromatic heterocycles.